The maximum absolute atomic E-state index is 12.8. The van der Waals surface area contributed by atoms with Gasteiger partial charge in [0, 0.05) is 31.6 Å². The minimum absolute atomic E-state index is 0.115. The standard InChI is InChI=1S/C17H22N4OS/c1-20-11-19-15-10-21(8-12-4-5-12)9-14(16(15)20)17(22)18-7-13-3-2-6-23-13/h2-3,6,11-12,14H,4-5,7-10H2,1H3,(H,18,22)/t14-/m1/s1. The van der Waals surface area contributed by atoms with Gasteiger partial charge in [-0.1, -0.05) is 6.07 Å². The fourth-order valence-corrected chi connectivity index (χ4v) is 4.04. The van der Waals surface area contributed by atoms with Gasteiger partial charge in [-0.15, -0.1) is 11.3 Å². The average molecular weight is 330 g/mol. The Balaban J connectivity index is 1.49. The molecule has 0 spiro atoms. The second-order valence-electron chi connectivity index (χ2n) is 6.67. The fraction of sp³-hybridized carbons (Fsp3) is 0.529. The summed E-state index contributed by atoms with van der Waals surface area (Å²) >= 11 is 1.68. The summed E-state index contributed by atoms with van der Waals surface area (Å²) in [4.78, 5) is 20.9. The summed E-state index contributed by atoms with van der Waals surface area (Å²) in [5.41, 5.74) is 2.15. The smallest absolute Gasteiger partial charge is 0.230 e. The summed E-state index contributed by atoms with van der Waals surface area (Å²) < 4.78 is 2.01. The molecule has 0 aromatic carbocycles. The zero-order valence-electron chi connectivity index (χ0n) is 13.4. The molecular formula is C17H22N4OS. The monoisotopic (exact) mass is 330 g/mol. The van der Waals surface area contributed by atoms with Crippen molar-refractivity contribution in [1.29, 1.82) is 0 Å². The van der Waals surface area contributed by atoms with Crippen molar-refractivity contribution in [3.63, 3.8) is 0 Å². The number of aryl methyl sites for hydroxylation is 1. The number of hydrogen-bond donors (Lipinski definition) is 1. The molecule has 2 aliphatic rings. The third-order valence-electron chi connectivity index (χ3n) is 4.75. The van der Waals surface area contributed by atoms with Crippen molar-refractivity contribution >= 4 is 17.2 Å². The van der Waals surface area contributed by atoms with E-state index in [0.29, 0.717) is 6.54 Å². The highest BCUT2D eigenvalue weighted by atomic mass is 32.1. The fourth-order valence-electron chi connectivity index (χ4n) is 3.40. The highest BCUT2D eigenvalue weighted by molar-refractivity contribution is 7.09. The van der Waals surface area contributed by atoms with Crippen LogP contribution in [0.15, 0.2) is 23.8 Å². The molecule has 1 N–H and O–H groups in total. The van der Waals surface area contributed by atoms with Crippen LogP contribution >= 0.6 is 11.3 Å². The van der Waals surface area contributed by atoms with Gasteiger partial charge in [-0.3, -0.25) is 9.69 Å². The Morgan fingerprint density at radius 1 is 1.48 bits per heavy atom. The molecule has 122 valence electrons. The van der Waals surface area contributed by atoms with Gasteiger partial charge < -0.3 is 9.88 Å². The van der Waals surface area contributed by atoms with E-state index in [-0.39, 0.29) is 11.8 Å². The van der Waals surface area contributed by atoms with Crippen molar-refractivity contribution in [2.24, 2.45) is 13.0 Å². The Bertz CT molecular complexity index is 690. The Hall–Kier alpha value is -1.66. The van der Waals surface area contributed by atoms with Crippen LogP contribution in [0.2, 0.25) is 0 Å². The van der Waals surface area contributed by atoms with Crippen molar-refractivity contribution < 1.29 is 4.79 Å². The molecular weight excluding hydrogens is 308 g/mol. The highest BCUT2D eigenvalue weighted by Crippen LogP contribution is 2.34. The molecule has 1 amide bonds. The number of aromatic nitrogens is 2. The largest absolute Gasteiger partial charge is 0.351 e. The van der Waals surface area contributed by atoms with Gasteiger partial charge in [0.2, 0.25) is 5.91 Å². The van der Waals surface area contributed by atoms with Crippen molar-refractivity contribution in [3.05, 3.63) is 40.1 Å². The minimum atomic E-state index is -0.120. The summed E-state index contributed by atoms with van der Waals surface area (Å²) in [5.74, 6) is 0.823. The second-order valence-corrected chi connectivity index (χ2v) is 7.71. The molecule has 5 nitrogen and oxygen atoms in total. The first kappa shape index (κ1) is 14.9. The van der Waals surface area contributed by atoms with E-state index in [1.54, 1.807) is 11.3 Å². The van der Waals surface area contributed by atoms with Gasteiger partial charge in [0.1, 0.15) is 0 Å². The van der Waals surface area contributed by atoms with Gasteiger partial charge in [-0.05, 0) is 30.2 Å². The number of hydrogen-bond acceptors (Lipinski definition) is 4. The third kappa shape index (κ3) is 3.19. The Kier molecular flexibility index (Phi) is 3.95. The van der Waals surface area contributed by atoms with Gasteiger partial charge in [0.05, 0.1) is 30.2 Å². The van der Waals surface area contributed by atoms with Crippen molar-refractivity contribution in [2.45, 2.75) is 31.8 Å². The summed E-state index contributed by atoms with van der Waals surface area (Å²) in [6.07, 6.45) is 4.51. The number of nitrogens with zero attached hydrogens (tertiary/aromatic N) is 3. The Morgan fingerprint density at radius 3 is 3.09 bits per heavy atom. The molecule has 0 radical (unpaired) electrons. The maximum Gasteiger partial charge on any atom is 0.230 e. The van der Waals surface area contributed by atoms with Crippen LogP contribution in [0, 0.1) is 5.92 Å². The van der Waals surface area contributed by atoms with E-state index >= 15 is 0 Å². The predicted octanol–water partition coefficient (Wildman–Crippen LogP) is 2.11. The number of imidazole rings is 1. The molecule has 1 saturated carbocycles. The van der Waals surface area contributed by atoms with Gasteiger partial charge in [0.15, 0.2) is 0 Å². The van der Waals surface area contributed by atoms with Gasteiger partial charge in [-0.2, -0.15) is 0 Å². The number of carbonyl (C=O) groups is 1. The molecule has 1 aliphatic heterocycles. The molecule has 2 aromatic heterocycles. The molecule has 0 unspecified atom stereocenters. The first-order chi connectivity index (χ1) is 11.2. The summed E-state index contributed by atoms with van der Waals surface area (Å²) in [6.45, 7) is 3.40. The average Bonchev–Trinajstić information content (AvgIpc) is 3.06. The lowest BCUT2D eigenvalue weighted by Gasteiger charge is -2.32. The molecule has 1 aliphatic carbocycles. The molecule has 3 heterocycles. The molecule has 0 bridgehead atoms. The number of thiophene rings is 1. The van der Waals surface area contributed by atoms with Crippen LogP contribution in [0.3, 0.4) is 0 Å². The van der Waals surface area contributed by atoms with Crippen molar-refractivity contribution in [2.75, 3.05) is 13.1 Å². The molecule has 1 fully saturated rings. The molecule has 23 heavy (non-hydrogen) atoms. The summed E-state index contributed by atoms with van der Waals surface area (Å²) in [7, 11) is 1.99. The predicted molar refractivity (Wildman–Crippen MR) is 90.1 cm³/mol. The number of carbonyl (C=O) groups excluding carboxylic acids is 1. The van der Waals surface area contributed by atoms with E-state index in [0.717, 1.165) is 36.9 Å². The lowest BCUT2D eigenvalue weighted by Crippen LogP contribution is -2.42. The lowest BCUT2D eigenvalue weighted by molar-refractivity contribution is -0.123. The first-order valence-electron chi connectivity index (χ1n) is 8.23. The van der Waals surface area contributed by atoms with E-state index in [2.05, 4.69) is 21.3 Å². The van der Waals surface area contributed by atoms with E-state index in [9.17, 15) is 4.79 Å². The van der Waals surface area contributed by atoms with Crippen LogP contribution < -0.4 is 5.32 Å². The quantitative estimate of drug-likeness (QED) is 0.913. The normalized spacial score (nSPS) is 21.2. The van der Waals surface area contributed by atoms with Crippen LogP contribution in [0.1, 0.15) is 35.0 Å². The molecule has 2 aromatic rings. The Labute approximate surface area is 140 Å². The highest BCUT2D eigenvalue weighted by Gasteiger charge is 2.35. The number of nitrogens with one attached hydrogen (secondary N) is 1. The minimum Gasteiger partial charge on any atom is -0.351 e. The van der Waals surface area contributed by atoms with E-state index in [1.165, 1.54) is 17.7 Å². The lowest BCUT2D eigenvalue weighted by atomic mass is 9.97. The van der Waals surface area contributed by atoms with Gasteiger partial charge in [0.25, 0.3) is 0 Å². The molecule has 6 heteroatoms. The number of amides is 1. The topological polar surface area (TPSA) is 50.2 Å². The van der Waals surface area contributed by atoms with Crippen LogP contribution in [0.5, 0.6) is 0 Å². The van der Waals surface area contributed by atoms with E-state index in [1.807, 2.05) is 29.4 Å². The van der Waals surface area contributed by atoms with Crippen LogP contribution in [-0.4, -0.2) is 33.4 Å². The third-order valence-corrected chi connectivity index (χ3v) is 5.63. The van der Waals surface area contributed by atoms with Crippen LogP contribution in [-0.2, 0) is 24.9 Å². The summed E-state index contributed by atoms with van der Waals surface area (Å²) in [5, 5.41) is 5.15. The van der Waals surface area contributed by atoms with Crippen LogP contribution in [0.25, 0.3) is 0 Å². The summed E-state index contributed by atoms with van der Waals surface area (Å²) in [6, 6.07) is 4.07. The van der Waals surface area contributed by atoms with E-state index in [4.69, 9.17) is 0 Å². The number of fused-ring (bicyclic) bond motifs is 1. The van der Waals surface area contributed by atoms with Crippen LogP contribution in [0.4, 0.5) is 0 Å². The first-order valence-corrected chi connectivity index (χ1v) is 9.11. The second kappa shape index (κ2) is 6.09. The Morgan fingerprint density at radius 2 is 2.35 bits per heavy atom. The molecule has 0 saturated heterocycles. The molecule has 4 rings (SSSR count). The zero-order chi connectivity index (χ0) is 15.8. The van der Waals surface area contributed by atoms with E-state index < -0.39 is 0 Å². The van der Waals surface area contributed by atoms with Crippen molar-refractivity contribution in [1.82, 2.24) is 19.8 Å². The van der Waals surface area contributed by atoms with Gasteiger partial charge >= 0.3 is 0 Å². The van der Waals surface area contributed by atoms with Gasteiger partial charge in [-0.25, -0.2) is 4.98 Å². The zero-order valence-corrected chi connectivity index (χ0v) is 14.2. The number of rotatable bonds is 5. The SMILES string of the molecule is Cn1cnc2c1[C@H](C(=O)NCc1cccs1)CN(CC1CC1)C2. The van der Waals surface area contributed by atoms with Crippen molar-refractivity contribution in [3.8, 4) is 0 Å². The molecule has 1 atom stereocenters. The maximum atomic E-state index is 12.8.